The van der Waals surface area contributed by atoms with Crippen LogP contribution in [0.2, 0.25) is 19.6 Å². The van der Waals surface area contributed by atoms with Crippen molar-refractivity contribution >= 4 is 56.1 Å². The van der Waals surface area contributed by atoms with Crippen LogP contribution in [0.15, 0.2) is 77.9 Å². The minimum atomic E-state index is -2.46. The van der Waals surface area contributed by atoms with Crippen molar-refractivity contribution in [2.75, 3.05) is 40.6 Å². The average Bonchev–Trinajstić information content (AvgIpc) is 1.82. The average molecular weight is 1190 g/mol. The van der Waals surface area contributed by atoms with E-state index in [2.05, 4.69) is 0 Å². The zero-order chi connectivity index (χ0) is 61.7. The topological polar surface area (TPSA) is 220 Å². The number of carbonyl (C=O) groups is 6. The molecule has 1 amide bonds. The number of nitrogens with zero attached hydrogens (tertiary/aromatic N) is 1. The zero-order valence-electron chi connectivity index (χ0n) is 52.4. The third-order valence-corrected chi connectivity index (χ3v) is 18.9. The second kappa shape index (κ2) is 31.0. The molecule has 0 radical (unpaired) electrons. The largest absolute Gasteiger partial charge is 0.493 e. The van der Waals surface area contributed by atoms with E-state index in [9.17, 15) is 39.0 Å². The van der Waals surface area contributed by atoms with Gasteiger partial charge in [0.05, 0.1) is 36.9 Å². The number of benzene rings is 1. The van der Waals surface area contributed by atoms with Gasteiger partial charge in [0.2, 0.25) is 5.79 Å². The molecule has 19 heteroatoms. The van der Waals surface area contributed by atoms with E-state index < -0.39 is 129 Å². The molecule has 15 atom stereocenters. The molecule has 84 heavy (non-hydrogen) atoms. The van der Waals surface area contributed by atoms with Crippen LogP contribution in [0.5, 0.6) is 0 Å². The van der Waals surface area contributed by atoms with Crippen LogP contribution in [-0.4, -0.2) is 155 Å². The highest BCUT2D eigenvalue weighted by Gasteiger charge is 2.53. The van der Waals surface area contributed by atoms with Crippen LogP contribution in [0.4, 0.5) is 0 Å². The van der Waals surface area contributed by atoms with Crippen LogP contribution >= 0.6 is 0 Å². The highest BCUT2D eigenvalue weighted by atomic mass is 28.4. The number of esters is 2. The number of aliphatic hydroxyl groups is 2. The summed E-state index contributed by atoms with van der Waals surface area (Å²) in [4.78, 5) is 88.0. The number of ether oxygens (including phenoxy) is 5. The van der Waals surface area contributed by atoms with Gasteiger partial charge in [-0.2, -0.15) is 0 Å². The quantitative estimate of drug-likeness (QED) is 0.0916. The van der Waals surface area contributed by atoms with E-state index >= 15 is 0 Å². The summed E-state index contributed by atoms with van der Waals surface area (Å²) < 4.78 is 49.5. The molecule has 1 aromatic rings. The Hall–Kier alpha value is -4.44. The number of hydrogen-bond acceptors (Lipinski definition) is 16. The molecule has 1 saturated carbocycles. The van der Waals surface area contributed by atoms with Crippen molar-refractivity contribution in [3.63, 3.8) is 0 Å². The molecule has 1 aliphatic carbocycles. The zero-order valence-corrected chi connectivity index (χ0v) is 53.4. The molecule has 4 heterocycles. The predicted octanol–water partition coefficient (Wildman–Crippen LogP) is 8.63. The number of methoxy groups -OCH3 is 2. The molecular weight excluding hydrogens is 1090 g/mol. The fourth-order valence-corrected chi connectivity index (χ4v) is 13.8. The molecule has 15 unspecified atom stereocenters. The molecule has 5 aliphatic rings. The Kier molecular flexibility index (Phi) is 25.3. The summed E-state index contributed by atoms with van der Waals surface area (Å²) in [6, 6.07) is 8.35. The lowest BCUT2D eigenvalue weighted by molar-refractivity contribution is -0.265. The first-order valence-electron chi connectivity index (χ1n) is 30.8. The van der Waals surface area contributed by atoms with Gasteiger partial charge in [-0.1, -0.05) is 101 Å². The third kappa shape index (κ3) is 18.1. The summed E-state index contributed by atoms with van der Waals surface area (Å²) in [6.45, 7) is 20.7. The van der Waals surface area contributed by atoms with Gasteiger partial charge in [0, 0.05) is 64.6 Å². The second-order valence-electron chi connectivity index (χ2n) is 26.2. The van der Waals surface area contributed by atoms with Gasteiger partial charge in [-0.15, -0.1) is 0 Å². The number of rotatable bonds is 11. The summed E-state index contributed by atoms with van der Waals surface area (Å²) in [6.07, 6.45) is 12.5. The summed E-state index contributed by atoms with van der Waals surface area (Å²) >= 11 is 0. The number of carbonyl (C=O) groups excluding carboxylic acids is 6. The minimum Gasteiger partial charge on any atom is -0.460 e. The van der Waals surface area contributed by atoms with E-state index in [1.807, 2.05) is 115 Å². The maximum atomic E-state index is 14.8. The molecule has 2 N–H and O–H groups in total. The summed E-state index contributed by atoms with van der Waals surface area (Å²) in [7, 11) is 0.209. The molecule has 1 aromatic carbocycles. The van der Waals surface area contributed by atoms with Gasteiger partial charge in [0.25, 0.3) is 11.7 Å². The Bertz CT molecular complexity index is 2520. The van der Waals surface area contributed by atoms with E-state index in [4.69, 9.17) is 37.4 Å². The lowest BCUT2D eigenvalue weighted by atomic mass is 9.75. The molecule has 3 saturated heterocycles. The Balaban J connectivity index is 1.28. The number of cyclic esters (lactones) is 1. The van der Waals surface area contributed by atoms with Crippen molar-refractivity contribution in [3.05, 3.63) is 77.9 Å². The molecule has 4 fully saturated rings. The first kappa shape index (κ1) is 68.7. The number of aliphatic hydroxyl groups excluding tert-OH is 1. The van der Waals surface area contributed by atoms with E-state index in [0.717, 1.165) is 11.0 Å². The van der Waals surface area contributed by atoms with Crippen molar-refractivity contribution in [2.45, 2.75) is 201 Å². The standard InChI is InChI=1S/C65H98BNO16Si/c1-41-22-16-14-17-23-42(2)55(76-9)36-50-29-27-47(7)65(75,82-50)60(71)61(72)67-31-21-20-26-52(67)62(73)80-56(37-53(69)43(3)33-46(6)59(83-84(11,12)13)51(38-68)58(70)45(5)32-41)44(4)34-48-28-30-54(57(35-48)77-10)81-63(74)64(8)39-78-66(79-40-64)49-24-18-15-19-25-49/h14-19,22-25,33,41,43-45,47-48,50-52,54-57,59,68,75H,20-21,26-32,34-40H2,1-13H3. The Labute approximate surface area is 501 Å². The predicted molar refractivity (Wildman–Crippen MR) is 323 cm³/mol. The SMILES string of the molecule is COC1CC2CCC(C)C(O)(O2)C(=O)C(=O)N2CCCCC2C(=O)OC(C(C)CC2CCC(OC(=O)C3(C)COB(c4ccccc4)OC3)C(OC)C2)CC(=O)C(C)C=C(C)C(O[Si](C)(C)C)C(CO)C(=O)C(C)CC(C)C=CC=CC=C1C. The molecule has 0 spiro atoms. The van der Waals surface area contributed by atoms with Gasteiger partial charge in [0.1, 0.15) is 35.2 Å². The van der Waals surface area contributed by atoms with Crippen LogP contribution < -0.4 is 5.46 Å². The highest BCUT2D eigenvalue weighted by molar-refractivity contribution is 6.69. The van der Waals surface area contributed by atoms with E-state index in [-0.39, 0.29) is 56.0 Å². The summed E-state index contributed by atoms with van der Waals surface area (Å²) in [5, 5.41) is 23.1. The fourth-order valence-electron chi connectivity index (χ4n) is 12.7. The first-order valence-corrected chi connectivity index (χ1v) is 34.2. The normalized spacial score (nSPS) is 33.8. The number of fused-ring (bicyclic) bond motifs is 3. The molecule has 6 rings (SSSR count). The van der Waals surface area contributed by atoms with Gasteiger partial charge < -0.3 is 52.5 Å². The van der Waals surface area contributed by atoms with Crippen molar-refractivity contribution in [3.8, 4) is 0 Å². The third-order valence-electron chi connectivity index (χ3n) is 18.0. The van der Waals surface area contributed by atoms with Crippen LogP contribution in [0.1, 0.15) is 132 Å². The molecule has 466 valence electrons. The van der Waals surface area contributed by atoms with E-state index in [1.165, 1.54) is 4.90 Å². The second-order valence-corrected chi connectivity index (χ2v) is 30.7. The molecular formula is C65H98BNO16Si. The van der Waals surface area contributed by atoms with E-state index in [0.29, 0.717) is 69.8 Å². The van der Waals surface area contributed by atoms with Crippen molar-refractivity contribution in [1.29, 1.82) is 0 Å². The van der Waals surface area contributed by atoms with Gasteiger partial charge in [-0.3, -0.25) is 24.0 Å². The number of piperidine rings is 1. The van der Waals surface area contributed by atoms with Crippen LogP contribution in [0, 0.1) is 46.8 Å². The number of Topliss-reactive ketones (excluding diaryl/α,β-unsaturated/α-hetero) is 3. The maximum absolute atomic E-state index is 14.8. The van der Waals surface area contributed by atoms with E-state index in [1.54, 1.807) is 41.1 Å². The monoisotopic (exact) mass is 1190 g/mol. The summed E-state index contributed by atoms with van der Waals surface area (Å²) in [5.41, 5.74) is 1.32. The lowest BCUT2D eigenvalue weighted by Crippen LogP contribution is -2.61. The molecule has 4 aliphatic heterocycles. The maximum Gasteiger partial charge on any atom is 0.493 e. The van der Waals surface area contributed by atoms with Crippen molar-refractivity contribution in [2.24, 2.45) is 46.8 Å². The number of allylic oxidation sites excluding steroid dienone is 6. The number of hydrogen-bond donors (Lipinski definition) is 2. The van der Waals surface area contributed by atoms with Crippen LogP contribution in [0.25, 0.3) is 0 Å². The van der Waals surface area contributed by atoms with Gasteiger partial charge >= 0.3 is 19.1 Å². The highest BCUT2D eigenvalue weighted by Crippen LogP contribution is 2.39. The molecule has 17 nitrogen and oxygen atoms in total. The lowest BCUT2D eigenvalue weighted by Gasteiger charge is -2.42. The van der Waals surface area contributed by atoms with Crippen molar-refractivity contribution < 1.29 is 76.4 Å². The van der Waals surface area contributed by atoms with Crippen LogP contribution in [-0.2, 0) is 66.2 Å². The summed E-state index contributed by atoms with van der Waals surface area (Å²) in [5.74, 6) is -9.45. The smallest absolute Gasteiger partial charge is 0.460 e. The van der Waals surface area contributed by atoms with Crippen LogP contribution in [0.3, 0.4) is 0 Å². The number of ketones is 3. The first-order chi connectivity index (χ1) is 39.7. The van der Waals surface area contributed by atoms with Gasteiger partial charge in [-0.25, -0.2) is 4.79 Å². The van der Waals surface area contributed by atoms with Gasteiger partial charge in [0.15, 0.2) is 8.32 Å². The molecule has 0 aromatic heterocycles. The Morgan fingerprint density at radius 3 is 2.21 bits per heavy atom. The van der Waals surface area contributed by atoms with Crippen molar-refractivity contribution in [1.82, 2.24) is 4.90 Å². The number of amides is 1. The Morgan fingerprint density at radius 1 is 0.857 bits per heavy atom. The minimum absolute atomic E-state index is 0.00337. The Morgan fingerprint density at radius 2 is 1.56 bits per heavy atom. The van der Waals surface area contributed by atoms with Gasteiger partial charge in [-0.05, 0) is 139 Å². The fraction of sp³-hybridized carbons (Fsp3) is 0.692. The molecule has 2 bridgehead atoms.